The van der Waals surface area contributed by atoms with Crippen molar-refractivity contribution in [3.8, 4) is 0 Å². The molecule has 0 spiro atoms. The summed E-state index contributed by atoms with van der Waals surface area (Å²) in [5.74, 6) is 0.0362. The maximum Gasteiger partial charge on any atom is 0.239 e. The number of nitrogens with zero attached hydrogens (tertiary/aromatic N) is 1. The van der Waals surface area contributed by atoms with Gasteiger partial charge in [-0.05, 0) is 20.9 Å². The van der Waals surface area contributed by atoms with E-state index in [2.05, 4.69) is 5.32 Å². The normalized spacial score (nSPS) is 12.7. The SMILES string of the molecule is CCN(CCO)C(=O)C(C)NC. The minimum Gasteiger partial charge on any atom is -0.395 e. The number of aliphatic hydroxyl groups excluding tert-OH is 1. The first kappa shape index (κ1) is 11.4. The van der Waals surface area contributed by atoms with Crippen LogP contribution in [-0.4, -0.2) is 48.7 Å². The van der Waals surface area contributed by atoms with Crippen molar-refractivity contribution in [3.63, 3.8) is 0 Å². The summed E-state index contributed by atoms with van der Waals surface area (Å²) in [6.07, 6.45) is 0. The lowest BCUT2D eigenvalue weighted by Gasteiger charge is -2.23. The number of hydrogen-bond acceptors (Lipinski definition) is 3. The second kappa shape index (κ2) is 5.97. The zero-order chi connectivity index (χ0) is 9.56. The largest absolute Gasteiger partial charge is 0.395 e. The Kier molecular flexibility index (Phi) is 5.66. The highest BCUT2D eigenvalue weighted by molar-refractivity contribution is 5.81. The molecular formula is C8H18N2O2. The quantitative estimate of drug-likeness (QED) is 0.587. The minimum atomic E-state index is -0.170. The molecule has 0 aromatic carbocycles. The van der Waals surface area contributed by atoms with Crippen LogP contribution >= 0.6 is 0 Å². The molecule has 0 radical (unpaired) electrons. The van der Waals surface area contributed by atoms with E-state index in [0.717, 1.165) is 0 Å². The van der Waals surface area contributed by atoms with Crippen molar-refractivity contribution in [2.24, 2.45) is 0 Å². The molecule has 0 bridgehead atoms. The predicted octanol–water partition coefficient (Wildman–Crippen LogP) is -0.565. The number of hydrogen-bond donors (Lipinski definition) is 2. The number of nitrogens with one attached hydrogen (secondary N) is 1. The van der Waals surface area contributed by atoms with Gasteiger partial charge in [0.15, 0.2) is 0 Å². The number of carbonyl (C=O) groups excluding carboxylic acids is 1. The highest BCUT2D eigenvalue weighted by atomic mass is 16.3. The Labute approximate surface area is 73.6 Å². The number of amides is 1. The molecule has 12 heavy (non-hydrogen) atoms. The van der Waals surface area contributed by atoms with Gasteiger partial charge < -0.3 is 15.3 Å². The number of carbonyl (C=O) groups is 1. The van der Waals surface area contributed by atoms with E-state index in [1.165, 1.54) is 0 Å². The molecule has 1 amide bonds. The van der Waals surface area contributed by atoms with Crippen molar-refractivity contribution in [2.45, 2.75) is 19.9 Å². The van der Waals surface area contributed by atoms with Gasteiger partial charge in [0.25, 0.3) is 0 Å². The molecule has 4 heteroatoms. The Morgan fingerprint density at radius 2 is 2.25 bits per heavy atom. The monoisotopic (exact) mass is 174 g/mol. The van der Waals surface area contributed by atoms with E-state index in [-0.39, 0.29) is 18.6 Å². The van der Waals surface area contributed by atoms with E-state index >= 15 is 0 Å². The maximum absolute atomic E-state index is 11.4. The van der Waals surface area contributed by atoms with E-state index < -0.39 is 0 Å². The second-order valence-electron chi connectivity index (χ2n) is 2.65. The van der Waals surface area contributed by atoms with Crippen LogP contribution in [0.2, 0.25) is 0 Å². The molecule has 72 valence electrons. The lowest BCUT2D eigenvalue weighted by molar-refractivity contribution is -0.133. The number of rotatable bonds is 5. The van der Waals surface area contributed by atoms with Gasteiger partial charge in [0.05, 0.1) is 12.6 Å². The molecule has 0 aliphatic rings. The van der Waals surface area contributed by atoms with Crippen LogP contribution in [0.4, 0.5) is 0 Å². The van der Waals surface area contributed by atoms with E-state index in [1.54, 1.807) is 11.9 Å². The first-order valence-corrected chi connectivity index (χ1v) is 4.24. The molecule has 4 nitrogen and oxygen atoms in total. The maximum atomic E-state index is 11.4. The zero-order valence-electron chi connectivity index (χ0n) is 8.00. The molecule has 0 aliphatic heterocycles. The Balaban J connectivity index is 4.01. The Morgan fingerprint density at radius 1 is 1.67 bits per heavy atom. The summed E-state index contributed by atoms with van der Waals surface area (Å²) in [7, 11) is 1.75. The van der Waals surface area contributed by atoms with Crippen LogP contribution in [0.15, 0.2) is 0 Å². The number of aliphatic hydroxyl groups is 1. The molecule has 0 saturated carbocycles. The highest BCUT2D eigenvalue weighted by Crippen LogP contribution is 1.93. The van der Waals surface area contributed by atoms with Gasteiger partial charge in [-0.25, -0.2) is 0 Å². The first-order chi connectivity index (χ1) is 5.67. The van der Waals surface area contributed by atoms with Gasteiger partial charge in [-0.3, -0.25) is 4.79 Å². The van der Waals surface area contributed by atoms with Crippen LogP contribution in [-0.2, 0) is 4.79 Å². The van der Waals surface area contributed by atoms with Gasteiger partial charge in [0, 0.05) is 13.1 Å². The standard InChI is InChI=1S/C8H18N2O2/c1-4-10(5-6-11)8(12)7(2)9-3/h7,9,11H,4-6H2,1-3H3. The van der Waals surface area contributed by atoms with E-state index in [0.29, 0.717) is 13.1 Å². The smallest absolute Gasteiger partial charge is 0.239 e. The van der Waals surface area contributed by atoms with Gasteiger partial charge in [0.1, 0.15) is 0 Å². The summed E-state index contributed by atoms with van der Waals surface area (Å²) >= 11 is 0. The fourth-order valence-electron chi connectivity index (χ4n) is 0.942. The third-order valence-electron chi connectivity index (χ3n) is 1.87. The summed E-state index contributed by atoms with van der Waals surface area (Å²) < 4.78 is 0. The molecule has 0 aromatic heterocycles. The molecular weight excluding hydrogens is 156 g/mol. The van der Waals surface area contributed by atoms with Crippen LogP contribution in [0.5, 0.6) is 0 Å². The lowest BCUT2D eigenvalue weighted by atomic mass is 10.3. The van der Waals surface area contributed by atoms with Gasteiger partial charge in [-0.15, -0.1) is 0 Å². The van der Waals surface area contributed by atoms with Crippen molar-refractivity contribution in [1.29, 1.82) is 0 Å². The Bertz CT molecular complexity index is 139. The Hall–Kier alpha value is -0.610. The third kappa shape index (κ3) is 3.19. The molecule has 1 atom stereocenters. The summed E-state index contributed by atoms with van der Waals surface area (Å²) in [5, 5.41) is 11.5. The van der Waals surface area contributed by atoms with E-state index in [4.69, 9.17) is 5.11 Å². The lowest BCUT2D eigenvalue weighted by Crippen LogP contribution is -2.44. The van der Waals surface area contributed by atoms with Crippen molar-refractivity contribution in [2.75, 3.05) is 26.7 Å². The molecule has 1 unspecified atom stereocenters. The molecule has 0 rings (SSSR count). The van der Waals surface area contributed by atoms with E-state index in [1.807, 2.05) is 13.8 Å². The predicted molar refractivity (Wildman–Crippen MR) is 47.9 cm³/mol. The van der Waals surface area contributed by atoms with Crippen LogP contribution in [0.3, 0.4) is 0 Å². The van der Waals surface area contributed by atoms with Crippen LogP contribution < -0.4 is 5.32 Å². The average Bonchev–Trinajstić information content (AvgIpc) is 2.11. The van der Waals surface area contributed by atoms with Crippen molar-refractivity contribution >= 4 is 5.91 Å². The number of likely N-dealkylation sites (N-methyl/N-ethyl adjacent to an activating group) is 2. The highest BCUT2D eigenvalue weighted by Gasteiger charge is 2.16. The van der Waals surface area contributed by atoms with Crippen LogP contribution in [0.1, 0.15) is 13.8 Å². The second-order valence-corrected chi connectivity index (χ2v) is 2.65. The van der Waals surface area contributed by atoms with Gasteiger partial charge in [-0.1, -0.05) is 0 Å². The molecule has 0 heterocycles. The topological polar surface area (TPSA) is 52.6 Å². The fraction of sp³-hybridized carbons (Fsp3) is 0.875. The summed E-state index contributed by atoms with van der Waals surface area (Å²) in [4.78, 5) is 13.1. The van der Waals surface area contributed by atoms with Gasteiger partial charge >= 0.3 is 0 Å². The van der Waals surface area contributed by atoms with Crippen molar-refractivity contribution in [1.82, 2.24) is 10.2 Å². The summed E-state index contributed by atoms with van der Waals surface area (Å²) in [5.41, 5.74) is 0. The van der Waals surface area contributed by atoms with Crippen LogP contribution in [0.25, 0.3) is 0 Å². The van der Waals surface area contributed by atoms with Crippen LogP contribution in [0, 0.1) is 0 Å². The van der Waals surface area contributed by atoms with Crippen molar-refractivity contribution in [3.05, 3.63) is 0 Å². The molecule has 0 saturated heterocycles. The third-order valence-corrected chi connectivity index (χ3v) is 1.87. The molecule has 0 aliphatic carbocycles. The summed E-state index contributed by atoms with van der Waals surface area (Å²) in [6, 6.07) is -0.170. The fourth-order valence-corrected chi connectivity index (χ4v) is 0.942. The van der Waals surface area contributed by atoms with Gasteiger partial charge in [0.2, 0.25) is 5.91 Å². The first-order valence-electron chi connectivity index (χ1n) is 4.24. The van der Waals surface area contributed by atoms with Crippen molar-refractivity contribution < 1.29 is 9.90 Å². The Morgan fingerprint density at radius 3 is 2.58 bits per heavy atom. The summed E-state index contributed by atoms with van der Waals surface area (Å²) in [6.45, 7) is 4.79. The van der Waals surface area contributed by atoms with E-state index in [9.17, 15) is 4.79 Å². The molecule has 0 fully saturated rings. The zero-order valence-corrected chi connectivity index (χ0v) is 8.00. The molecule has 2 N–H and O–H groups in total. The molecule has 0 aromatic rings. The average molecular weight is 174 g/mol. The van der Waals surface area contributed by atoms with Gasteiger partial charge in [-0.2, -0.15) is 0 Å². The minimum absolute atomic E-state index is 0.0238.